The summed E-state index contributed by atoms with van der Waals surface area (Å²) in [6.45, 7) is 6.94. The van der Waals surface area contributed by atoms with E-state index in [1.807, 2.05) is 34.9 Å². The number of nitrogens with zero attached hydrogens (tertiary/aromatic N) is 3. The third kappa shape index (κ3) is 3.87. The van der Waals surface area contributed by atoms with Crippen molar-refractivity contribution in [3.63, 3.8) is 0 Å². The zero-order chi connectivity index (χ0) is 21.4. The maximum atomic E-state index is 12.4. The van der Waals surface area contributed by atoms with Gasteiger partial charge in [-0.05, 0) is 66.6 Å². The van der Waals surface area contributed by atoms with Crippen LogP contribution in [0.5, 0.6) is 0 Å². The normalized spacial score (nSPS) is 11.6. The number of hydrogen-bond donors (Lipinski definition) is 1. The molecule has 0 aliphatic carbocycles. The Kier molecular flexibility index (Phi) is 5.43. The Morgan fingerprint density at radius 1 is 1.10 bits per heavy atom. The van der Waals surface area contributed by atoms with E-state index in [-0.39, 0.29) is 5.69 Å². The lowest BCUT2D eigenvalue weighted by Gasteiger charge is -2.19. The lowest BCUT2D eigenvalue weighted by atomic mass is 9.97. The van der Waals surface area contributed by atoms with Crippen molar-refractivity contribution in [1.82, 2.24) is 19.5 Å². The number of aromatic nitrogens is 4. The van der Waals surface area contributed by atoms with E-state index in [9.17, 15) is 9.59 Å². The van der Waals surface area contributed by atoms with Crippen LogP contribution in [0.15, 0.2) is 46.0 Å². The number of nitrogens with one attached hydrogen (secondary N) is 1. The van der Waals surface area contributed by atoms with E-state index < -0.39 is 11.2 Å². The molecule has 7 heteroatoms. The van der Waals surface area contributed by atoms with Crippen molar-refractivity contribution in [2.24, 2.45) is 0 Å². The predicted octanol–water partition coefficient (Wildman–Crippen LogP) is 4.30. The zero-order valence-corrected chi connectivity index (χ0v) is 18.0. The molecule has 0 spiro atoms. The highest BCUT2D eigenvalue weighted by Crippen LogP contribution is 2.28. The summed E-state index contributed by atoms with van der Waals surface area (Å²) in [4.78, 5) is 35.2. The van der Waals surface area contributed by atoms with Gasteiger partial charge in [-0.2, -0.15) is 4.98 Å². The van der Waals surface area contributed by atoms with Crippen LogP contribution >= 0.6 is 11.6 Å². The molecule has 0 atom stereocenters. The van der Waals surface area contributed by atoms with E-state index in [2.05, 4.69) is 41.8 Å². The molecule has 0 fully saturated rings. The van der Waals surface area contributed by atoms with Crippen molar-refractivity contribution in [3.05, 3.63) is 78.9 Å². The fraction of sp³-hybridized carbons (Fsp3) is 0.304. The summed E-state index contributed by atoms with van der Waals surface area (Å²) in [5.41, 5.74) is 4.14. The van der Waals surface area contributed by atoms with Gasteiger partial charge in [0.05, 0.1) is 11.0 Å². The number of aryl methyl sites for hydroxylation is 3. The molecule has 2 heterocycles. The Balaban J connectivity index is 1.83. The molecule has 154 valence electrons. The highest BCUT2D eigenvalue weighted by atomic mass is 35.5. The minimum atomic E-state index is -0.657. The number of fused-ring (bicyclic) bond motifs is 2. The molecule has 2 aliphatic heterocycles. The van der Waals surface area contributed by atoms with Crippen molar-refractivity contribution in [2.45, 2.75) is 46.1 Å². The standard InChI is InChI=1S/C23H23ClN4O2/c1-13(2)17-12-18-19(11-14(17)3)28(10-4-5-15-6-8-16(24)9-7-15)21-20(25-18)22(29)27-23(30)26-21/h6-9,11-13H,4-5,10H2,1-3H3,(H,27,29,30). The molecular formula is C23H23ClN4O2. The molecule has 0 bridgehead atoms. The maximum Gasteiger partial charge on any atom is 0.349 e. The number of benzene rings is 2. The van der Waals surface area contributed by atoms with Crippen LogP contribution in [0, 0.1) is 6.92 Å². The van der Waals surface area contributed by atoms with Gasteiger partial charge in [-0.15, -0.1) is 0 Å². The van der Waals surface area contributed by atoms with Crippen molar-refractivity contribution < 1.29 is 0 Å². The Morgan fingerprint density at radius 2 is 1.83 bits per heavy atom. The van der Waals surface area contributed by atoms with Gasteiger partial charge in [-0.1, -0.05) is 37.6 Å². The lowest BCUT2D eigenvalue weighted by Crippen LogP contribution is -2.29. The summed E-state index contributed by atoms with van der Waals surface area (Å²) in [5, 5.41) is 0.710. The molecule has 0 amide bonds. The molecule has 2 aromatic rings. The topological polar surface area (TPSA) is 80.6 Å². The average molecular weight is 423 g/mol. The zero-order valence-electron chi connectivity index (χ0n) is 17.2. The van der Waals surface area contributed by atoms with Crippen LogP contribution in [0.2, 0.25) is 5.02 Å². The quantitative estimate of drug-likeness (QED) is 0.486. The smallest absolute Gasteiger partial charge is 0.322 e. The van der Waals surface area contributed by atoms with Gasteiger partial charge in [-0.25, -0.2) is 9.78 Å². The van der Waals surface area contributed by atoms with Gasteiger partial charge in [0.2, 0.25) is 0 Å². The Labute approximate surface area is 178 Å². The first-order valence-corrected chi connectivity index (χ1v) is 10.4. The third-order valence-electron chi connectivity index (χ3n) is 5.38. The first kappa shape index (κ1) is 20.3. The monoisotopic (exact) mass is 422 g/mol. The van der Waals surface area contributed by atoms with Gasteiger partial charge in [0.15, 0.2) is 11.5 Å². The van der Waals surface area contributed by atoms with E-state index in [1.165, 1.54) is 11.1 Å². The summed E-state index contributed by atoms with van der Waals surface area (Å²) < 4.78 is 1.95. The maximum absolute atomic E-state index is 12.4. The molecule has 2 aromatic carbocycles. The molecule has 1 N–H and O–H groups in total. The molecule has 30 heavy (non-hydrogen) atoms. The van der Waals surface area contributed by atoms with Crippen LogP contribution in [0.3, 0.4) is 0 Å². The number of rotatable bonds is 5. The first-order chi connectivity index (χ1) is 14.3. The highest BCUT2D eigenvalue weighted by molar-refractivity contribution is 6.30. The van der Waals surface area contributed by atoms with Gasteiger partial charge < -0.3 is 4.57 Å². The first-order valence-electron chi connectivity index (χ1n) is 10.0. The highest BCUT2D eigenvalue weighted by Gasteiger charge is 2.19. The number of H-pyrrole nitrogens is 1. The number of aromatic amines is 1. The van der Waals surface area contributed by atoms with Crippen LogP contribution in [0.25, 0.3) is 22.6 Å². The Morgan fingerprint density at radius 3 is 2.53 bits per heavy atom. The van der Waals surface area contributed by atoms with E-state index in [1.54, 1.807) is 0 Å². The Hall–Kier alpha value is -2.99. The molecule has 4 rings (SSSR count). The second-order valence-corrected chi connectivity index (χ2v) is 8.33. The summed E-state index contributed by atoms with van der Waals surface area (Å²) in [7, 11) is 0. The fourth-order valence-corrected chi connectivity index (χ4v) is 4.03. The molecule has 0 radical (unpaired) electrons. The van der Waals surface area contributed by atoms with E-state index in [4.69, 9.17) is 11.6 Å². The molecule has 0 unspecified atom stereocenters. The number of hydrogen-bond acceptors (Lipinski definition) is 4. The van der Waals surface area contributed by atoms with Gasteiger partial charge in [-0.3, -0.25) is 9.78 Å². The average Bonchev–Trinajstić information content (AvgIpc) is 2.69. The largest absolute Gasteiger partial charge is 0.349 e. The van der Waals surface area contributed by atoms with E-state index >= 15 is 0 Å². The van der Waals surface area contributed by atoms with E-state index in [0.717, 1.165) is 29.4 Å². The van der Waals surface area contributed by atoms with Crippen molar-refractivity contribution in [1.29, 1.82) is 0 Å². The van der Waals surface area contributed by atoms with Crippen LogP contribution in [0.1, 0.15) is 42.9 Å². The SMILES string of the molecule is Cc1cc2c(cc1C(C)C)nc1c(=O)[nH]c(=O)nc-1n2CCCc1ccc(Cl)cc1. The summed E-state index contributed by atoms with van der Waals surface area (Å²) in [6.07, 6.45) is 1.65. The van der Waals surface area contributed by atoms with Gasteiger partial charge in [0.25, 0.3) is 5.56 Å². The lowest BCUT2D eigenvalue weighted by molar-refractivity contribution is 0.648. The van der Waals surface area contributed by atoms with Crippen molar-refractivity contribution in [2.75, 3.05) is 0 Å². The molecule has 0 aromatic heterocycles. The fourth-order valence-electron chi connectivity index (χ4n) is 3.90. The third-order valence-corrected chi connectivity index (χ3v) is 5.63. The molecule has 2 aliphatic rings. The second kappa shape index (κ2) is 8.03. The number of halogens is 1. The van der Waals surface area contributed by atoms with Crippen LogP contribution in [-0.4, -0.2) is 19.5 Å². The molecule has 0 saturated heterocycles. The molecular weight excluding hydrogens is 400 g/mol. The summed E-state index contributed by atoms with van der Waals surface area (Å²) >= 11 is 5.97. The Bertz CT molecular complexity index is 1310. The minimum absolute atomic E-state index is 0.187. The summed E-state index contributed by atoms with van der Waals surface area (Å²) in [6, 6.07) is 11.9. The minimum Gasteiger partial charge on any atom is -0.322 e. The van der Waals surface area contributed by atoms with E-state index in [0.29, 0.717) is 23.3 Å². The second-order valence-electron chi connectivity index (χ2n) is 7.89. The van der Waals surface area contributed by atoms with Crippen LogP contribution in [0.4, 0.5) is 0 Å². The molecule has 0 saturated carbocycles. The van der Waals surface area contributed by atoms with Crippen LogP contribution in [-0.2, 0) is 13.0 Å². The van der Waals surface area contributed by atoms with Gasteiger partial charge in [0, 0.05) is 11.6 Å². The summed E-state index contributed by atoms with van der Waals surface area (Å²) in [5.74, 6) is 0.662. The van der Waals surface area contributed by atoms with Gasteiger partial charge >= 0.3 is 5.69 Å². The van der Waals surface area contributed by atoms with Gasteiger partial charge in [0.1, 0.15) is 0 Å². The predicted molar refractivity (Wildman–Crippen MR) is 120 cm³/mol. The molecule has 6 nitrogen and oxygen atoms in total. The van der Waals surface area contributed by atoms with Crippen molar-refractivity contribution >= 4 is 22.6 Å². The van der Waals surface area contributed by atoms with Crippen molar-refractivity contribution in [3.8, 4) is 11.5 Å². The van der Waals surface area contributed by atoms with Crippen LogP contribution < -0.4 is 11.2 Å².